The summed E-state index contributed by atoms with van der Waals surface area (Å²) in [6.07, 6.45) is 4.97. The Bertz CT molecular complexity index is 549. The fourth-order valence-corrected chi connectivity index (χ4v) is 3.55. The van der Waals surface area contributed by atoms with Crippen molar-refractivity contribution in [1.29, 1.82) is 0 Å². The number of hydrogen-bond donors (Lipinski definition) is 0. The first-order chi connectivity index (χ1) is 10.3. The minimum absolute atomic E-state index is 0.0404. The highest BCUT2D eigenvalue weighted by molar-refractivity contribution is 7.99. The molecule has 0 unspecified atom stereocenters. The van der Waals surface area contributed by atoms with Crippen molar-refractivity contribution < 1.29 is 9.53 Å². The maximum atomic E-state index is 12.4. The minimum atomic E-state index is 0.0404. The summed E-state index contributed by atoms with van der Waals surface area (Å²) in [5, 5.41) is 0. The molecule has 1 saturated heterocycles. The van der Waals surface area contributed by atoms with Crippen LogP contribution in [-0.2, 0) is 0 Å². The number of carbonyl (C=O) groups excluding carboxylic acids is 1. The Morgan fingerprint density at radius 3 is 2.86 bits per heavy atom. The van der Waals surface area contributed by atoms with E-state index in [2.05, 4.69) is 11.1 Å². The van der Waals surface area contributed by atoms with Crippen LogP contribution in [0.15, 0.2) is 12.1 Å². The molecule has 1 aliphatic heterocycles. The molecule has 2 heterocycles. The highest BCUT2D eigenvalue weighted by Crippen LogP contribution is 2.44. The quantitative estimate of drug-likeness (QED) is 0.839. The molecule has 21 heavy (non-hydrogen) atoms. The molecule has 2 saturated carbocycles. The van der Waals surface area contributed by atoms with Crippen molar-refractivity contribution in [2.45, 2.75) is 31.6 Å². The molecule has 3 aliphatic rings. The molecule has 1 aromatic heterocycles. The number of pyridine rings is 1. The second-order valence-electron chi connectivity index (χ2n) is 6.23. The molecular formula is C16H20N2O2S. The number of ether oxygens (including phenoxy) is 1. The lowest BCUT2D eigenvalue weighted by Gasteiger charge is -2.16. The second kappa shape index (κ2) is 5.52. The lowest BCUT2D eigenvalue weighted by atomic mass is 10.1. The molecule has 0 N–H and O–H groups in total. The normalized spacial score (nSPS) is 21.6. The Morgan fingerprint density at radius 1 is 1.33 bits per heavy atom. The van der Waals surface area contributed by atoms with Gasteiger partial charge in [0.05, 0.1) is 12.5 Å². The van der Waals surface area contributed by atoms with E-state index in [0.29, 0.717) is 23.4 Å². The summed E-state index contributed by atoms with van der Waals surface area (Å²) in [5.74, 6) is 3.85. The number of aromatic nitrogens is 1. The van der Waals surface area contributed by atoms with E-state index in [9.17, 15) is 4.79 Å². The maximum absolute atomic E-state index is 12.4. The van der Waals surface area contributed by atoms with Crippen LogP contribution in [0.4, 0.5) is 0 Å². The van der Waals surface area contributed by atoms with E-state index in [1.54, 1.807) is 11.8 Å². The van der Waals surface area contributed by atoms with Crippen LogP contribution in [0.25, 0.3) is 0 Å². The van der Waals surface area contributed by atoms with Crippen molar-refractivity contribution in [2.75, 3.05) is 24.8 Å². The molecule has 0 radical (unpaired) electrons. The molecule has 1 aromatic rings. The summed E-state index contributed by atoms with van der Waals surface area (Å²) in [6, 6.07) is 3.94. The molecular weight excluding hydrogens is 284 g/mol. The number of rotatable bonds is 5. The summed E-state index contributed by atoms with van der Waals surface area (Å²) >= 11 is 1.80. The molecule has 0 bridgehead atoms. The molecule has 4 rings (SSSR count). The first-order valence-corrected chi connectivity index (χ1v) is 8.97. The van der Waals surface area contributed by atoms with E-state index >= 15 is 0 Å². The standard InChI is InChI=1S/C16H20N2O2S/c19-16(18-7-8-21-10-18)14-6-5-13(12-3-4-12)15(17-14)20-9-11-1-2-11/h5-6,11-12H,1-4,7-10H2. The van der Waals surface area contributed by atoms with Crippen LogP contribution >= 0.6 is 11.8 Å². The third-order valence-electron chi connectivity index (χ3n) is 4.32. The van der Waals surface area contributed by atoms with Crippen molar-refractivity contribution >= 4 is 17.7 Å². The molecule has 1 amide bonds. The highest BCUT2D eigenvalue weighted by atomic mass is 32.2. The molecule has 0 aromatic carbocycles. The predicted octanol–water partition coefficient (Wildman–Crippen LogP) is 2.89. The van der Waals surface area contributed by atoms with Gasteiger partial charge in [-0.15, -0.1) is 11.8 Å². The molecule has 3 fully saturated rings. The average molecular weight is 304 g/mol. The number of nitrogens with zero attached hydrogens (tertiary/aromatic N) is 2. The van der Waals surface area contributed by atoms with Crippen molar-refractivity contribution in [2.24, 2.45) is 5.92 Å². The molecule has 112 valence electrons. The highest BCUT2D eigenvalue weighted by Gasteiger charge is 2.30. The first kappa shape index (κ1) is 13.4. The molecule has 0 spiro atoms. The van der Waals surface area contributed by atoms with E-state index < -0.39 is 0 Å². The summed E-state index contributed by atoms with van der Waals surface area (Å²) in [7, 11) is 0. The van der Waals surface area contributed by atoms with Crippen LogP contribution in [0, 0.1) is 5.92 Å². The van der Waals surface area contributed by atoms with Crippen molar-refractivity contribution in [3.63, 3.8) is 0 Å². The zero-order valence-electron chi connectivity index (χ0n) is 12.1. The van der Waals surface area contributed by atoms with Gasteiger partial charge in [0.1, 0.15) is 5.69 Å². The lowest BCUT2D eigenvalue weighted by Crippen LogP contribution is -2.28. The van der Waals surface area contributed by atoms with Crippen molar-refractivity contribution in [3.8, 4) is 5.88 Å². The Morgan fingerprint density at radius 2 is 2.19 bits per heavy atom. The van der Waals surface area contributed by atoms with Crippen LogP contribution in [-0.4, -0.2) is 40.6 Å². The van der Waals surface area contributed by atoms with Gasteiger partial charge in [0.15, 0.2) is 0 Å². The van der Waals surface area contributed by atoms with E-state index in [1.165, 1.54) is 31.2 Å². The van der Waals surface area contributed by atoms with Crippen LogP contribution in [0.5, 0.6) is 5.88 Å². The van der Waals surface area contributed by atoms with Gasteiger partial charge in [0, 0.05) is 17.9 Å². The van der Waals surface area contributed by atoms with Crippen LogP contribution < -0.4 is 4.74 Å². The van der Waals surface area contributed by atoms with Gasteiger partial charge in [-0.05, 0) is 43.6 Å². The minimum Gasteiger partial charge on any atom is -0.477 e. The van der Waals surface area contributed by atoms with E-state index in [1.807, 2.05) is 11.0 Å². The fraction of sp³-hybridized carbons (Fsp3) is 0.625. The van der Waals surface area contributed by atoms with Gasteiger partial charge in [-0.25, -0.2) is 4.98 Å². The van der Waals surface area contributed by atoms with Crippen molar-refractivity contribution in [1.82, 2.24) is 9.88 Å². The van der Waals surface area contributed by atoms with E-state index in [-0.39, 0.29) is 5.91 Å². The van der Waals surface area contributed by atoms with Crippen LogP contribution in [0.2, 0.25) is 0 Å². The topological polar surface area (TPSA) is 42.4 Å². The average Bonchev–Trinajstić information content (AvgIpc) is 3.44. The number of thioether (sulfide) groups is 1. The van der Waals surface area contributed by atoms with Gasteiger partial charge >= 0.3 is 0 Å². The molecule has 2 aliphatic carbocycles. The largest absolute Gasteiger partial charge is 0.477 e. The Balaban J connectivity index is 1.55. The summed E-state index contributed by atoms with van der Waals surface area (Å²) < 4.78 is 5.93. The Hall–Kier alpha value is -1.23. The molecule has 0 atom stereocenters. The molecule has 4 nitrogen and oxygen atoms in total. The first-order valence-electron chi connectivity index (χ1n) is 7.82. The van der Waals surface area contributed by atoms with Gasteiger partial charge in [-0.1, -0.05) is 6.07 Å². The fourth-order valence-electron chi connectivity index (χ4n) is 2.61. The number of amides is 1. The third-order valence-corrected chi connectivity index (χ3v) is 5.28. The van der Waals surface area contributed by atoms with Gasteiger partial charge < -0.3 is 9.64 Å². The van der Waals surface area contributed by atoms with Gasteiger partial charge in [-0.3, -0.25) is 4.79 Å². The van der Waals surface area contributed by atoms with Crippen LogP contribution in [0.1, 0.15) is 47.7 Å². The van der Waals surface area contributed by atoms with E-state index in [0.717, 1.165) is 24.8 Å². The molecule has 5 heteroatoms. The predicted molar refractivity (Wildman–Crippen MR) is 82.8 cm³/mol. The summed E-state index contributed by atoms with van der Waals surface area (Å²) in [5.41, 5.74) is 1.73. The Kier molecular flexibility index (Phi) is 3.53. The summed E-state index contributed by atoms with van der Waals surface area (Å²) in [6.45, 7) is 1.58. The second-order valence-corrected chi connectivity index (χ2v) is 7.30. The van der Waals surface area contributed by atoms with Gasteiger partial charge in [0.2, 0.25) is 5.88 Å². The van der Waals surface area contributed by atoms with Gasteiger partial charge in [-0.2, -0.15) is 0 Å². The van der Waals surface area contributed by atoms with Crippen LogP contribution in [0.3, 0.4) is 0 Å². The Labute approximate surface area is 129 Å². The number of hydrogen-bond acceptors (Lipinski definition) is 4. The smallest absolute Gasteiger partial charge is 0.273 e. The SMILES string of the molecule is O=C(c1ccc(C2CC2)c(OCC2CC2)n1)N1CCSC1. The van der Waals surface area contributed by atoms with Crippen molar-refractivity contribution in [3.05, 3.63) is 23.4 Å². The number of carbonyl (C=O) groups is 1. The van der Waals surface area contributed by atoms with E-state index in [4.69, 9.17) is 4.74 Å². The third kappa shape index (κ3) is 3.03. The maximum Gasteiger partial charge on any atom is 0.273 e. The van der Waals surface area contributed by atoms with Gasteiger partial charge in [0.25, 0.3) is 5.91 Å². The lowest BCUT2D eigenvalue weighted by molar-refractivity contribution is 0.0795. The summed E-state index contributed by atoms with van der Waals surface area (Å²) in [4.78, 5) is 18.9. The zero-order chi connectivity index (χ0) is 14.2. The zero-order valence-corrected chi connectivity index (χ0v) is 12.9. The monoisotopic (exact) mass is 304 g/mol.